The van der Waals surface area contributed by atoms with Gasteiger partial charge in [0, 0.05) is 28.8 Å². The van der Waals surface area contributed by atoms with Crippen LogP contribution in [0.5, 0.6) is 0 Å². The van der Waals surface area contributed by atoms with Crippen LogP contribution >= 0.6 is 27.5 Å². The Kier molecular flexibility index (Phi) is 8.33. The van der Waals surface area contributed by atoms with Crippen molar-refractivity contribution in [2.75, 3.05) is 23.4 Å². The summed E-state index contributed by atoms with van der Waals surface area (Å²) in [5, 5.41) is 3.13. The fourth-order valence-electron chi connectivity index (χ4n) is 3.40. The molecule has 8 nitrogen and oxygen atoms in total. The Labute approximate surface area is 210 Å². The molecule has 0 spiro atoms. The van der Waals surface area contributed by atoms with Gasteiger partial charge in [-0.1, -0.05) is 11.6 Å². The lowest BCUT2D eigenvalue weighted by molar-refractivity contribution is -0.151. The molecule has 2 amide bonds. The molecule has 2 aromatic rings. The van der Waals surface area contributed by atoms with E-state index in [1.165, 1.54) is 4.90 Å². The molecule has 1 heterocycles. The number of ether oxygens (including phenoxy) is 2. The fourth-order valence-corrected chi connectivity index (χ4v) is 4.00. The number of amides is 2. The third-order valence-corrected chi connectivity index (χ3v) is 6.55. The minimum Gasteiger partial charge on any atom is -0.459 e. The van der Waals surface area contributed by atoms with Gasteiger partial charge in [0.25, 0.3) is 5.91 Å². The van der Waals surface area contributed by atoms with Gasteiger partial charge in [0.1, 0.15) is 0 Å². The van der Waals surface area contributed by atoms with Crippen LogP contribution < -0.4 is 10.2 Å². The Morgan fingerprint density at radius 1 is 1.18 bits per heavy atom. The number of nitrogens with zero attached hydrogens (tertiary/aromatic N) is 1. The van der Waals surface area contributed by atoms with E-state index in [4.69, 9.17) is 21.1 Å². The molecular weight excluding hydrogens is 528 g/mol. The van der Waals surface area contributed by atoms with E-state index < -0.39 is 30.4 Å². The normalized spacial score (nSPS) is 15.4. The average molecular weight is 552 g/mol. The highest BCUT2D eigenvalue weighted by atomic mass is 79.9. The lowest BCUT2D eigenvalue weighted by Gasteiger charge is -2.17. The van der Waals surface area contributed by atoms with Crippen molar-refractivity contribution in [1.82, 2.24) is 0 Å². The van der Waals surface area contributed by atoms with E-state index in [0.717, 1.165) is 0 Å². The number of carbonyl (C=O) groups excluding carboxylic acids is 4. The van der Waals surface area contributed by atoms with Gasteiger partial charge in [-0.3, -0.25) is 14.4 Å². The van der Waals surface area contributed by atoms with Gasteiger partial charge in [-0.25, -0.2) is 4.79 Å². The Hall–Kier alpha value is -2.91. The summed E-state index contributed by atoms with van der Waals surface area (Å²) in [6.07, 6.45) is -0.267. The summed E-state index contributed by atoms with van der Waals surface area (Å²) < 4.78 is 11.0. The quantitative estimate of drug-likeness (QED) is 0.508. The Balaban J connectivity index is 1.54. The lowest BCUT2D eigenvalue weighted by Crippen LogP contribution is -2.28. The van der Waals surface area contributed by atoms with E-state index in [2.05, 4.69) is 21.2 Å². The highest BCUT2D eigenvalue weighted by molar-refractivity contribution is 9.10. The molecule has 1 aliphatic heterocycles. The first-order chi connectivity index (χ1) is 16.1. The molecule has 34 heavy (non-hydrogen) atoms. The molecule has 0 saturated carbocycles. The van der Waals surface area contributed by atoms with E-state index in [0.29, 0.717) is 32.0 Å². The molecule has 0 radical (unpaired) electrons. The maximum Gasteiger partial charge on any atom is 0.338 e. The van der Waals surface area contributed by atoms with Gasteiger partial charge >= 0.3 is 11.9 Å². The van der Waals surface area contributed by atoms with Crippen molar-refractivity contribution in [3.63, 3.8) is 0 Å². The summed E-state index contributed by atoms with van der Waals surface area (Å²) >= 11 is 9.47. The number of rotatable bonds is 7. The van der Waals surface area contributed by atoms with Crippen LogP contribution in [0.1, 0.15) is 36.2 Å². The zero-order valence-corrected chi connectivity index (χ0v) is 21.2. The highest BCUT2D eigenvalue weighted by Gasteiger charge is 2.36. The molecule has 3 rings (SSSR count). The molecule has 0 unspecified atom stereocenters. The van der Waals surface area contributed by atoms with Crippen LogP contribution in [0.15, 0.2) is 40.9 Å². The molecule has 1 aliphatic rings. The van der Waals surface area contributed by atoms with Crippen LogP contribution in [0.4, 0.5) is 11.4 Å². The number of benzene rings is 2. The predicted octanol–water partition coefficient (Wildman–Crippen LogP) is 4.51. The molecule has 0 aromatic heterocycles. The number of halogens is 2. The second kappa shape index (κ2) is 11.0. The topological polar surface area (TPSA) is 102 Å². The molecule has 180 valence electrons. The zero-order valence-electron chi connectivity index (χ0n) is 18.9. The van der Waals surface area contributed by atoms with E-state index in [9.17, 15) is 19.2 Å². The Bertz CT molecular complexity index is 1120. The van der Waals surface area contributed by atoms with Crippen LogP contribution in [0, 0.1) is 12.8 Å². The van der Waals surface area contributed by atoms with E-state index in [1.54, 1.807) is 57.2 Å². The molecule has 2 aromatic carbocycles. The van der Waals surface area contributed by atoms with E-state index in [1.807, 2.05) is 0 Å². The number of carbonyl (C=O) groups is 4. The highest BCUT2D eigenvalue weighted by Crippen LogP contribution is 2.31. The van der Waals surface area contributed by atoms with Crippen LogP contribution in [-0.4, -0.2) is 43.0 Å². The van der Waals surface area contributed by atoms with Crippen LogP contribution in [0.3, 0.4) is 0 Å². The minimum absolute atomic E-state index is 0.0287. The summed E-state index contributed by atoms with van der Waals surface area (Å²) in [5.41, 5.74) is 2.11. The van der Waals surface area contributed by atoms with Crippen LogP contribution in [0.2, 0.25) is 5.02 Å². The second-order valence-electron chi connectivity index (χ2n) is 8.10. The first-order valence-electron chi connectivity index (χ1n) is 10.6. The monoisotopic (exact) mass is 550 g/mol. The maximum absolute atomic E-state index is 12.5. The number of hydrogen-bond donors (Lipinski definition) is 1. The van der Waals surface area contributed by atoms with Gasteiger partial charge in [0.15, 0.2) is 6.61 Å². The van der Waals surface area contributed by atoms with E-state index in [-0.39, 0.29) is 25.0 Å². The van der Waals surface area contributed by atoms with Gasteiger partial charge in [-0.05, 0) is 78.7 Å². The summed E-state index contributed by atoms with van der Waals surface area (Å²) in [6.45, 7) is 4.91. The fraction of sp³-hybridized carbons (Fsp3) is 0.333. The third-order valence-electron chi connectivity index (χ3n) is 5.17. The first kappa shape index (κ1) is 25.7. The molecule has 10 heteroatoms. The van der Waals surface area contributed by atoms with Gasteiger partial charge in [-0.15, -0.1) is 0 Å². The SMILES string of the molecule is Cc1c(NC(=O)COC(=O)[C@@H]2CC(=O)N(c3ccc(C(=O)OC(C)C)cc3)C2)ccc(Br)c1Cl. The third kappa shape index (κ3) is 6.15. The number of nitrogens with one attached hydrogen (secondary N) is 1. The van der Waals surface area contributed by atoms with Crippen molar-refractivity contribution in [1.29, 1.82) is 0 Å². The number of hydrogen-bond acceptors (Lipinski definition) is 6. The van der Waals surface area contributed by atoms with Gasteiger partial charge in [0.05, 0.1) is 22.6 Å². The zero-order chi connectivity index (χ0) is 25.0. The lowest BCUT2D eigenvalue weighted by atomic mass is 10.1. The number of anilines is 2. The molecule has 1 N–H and O–H groups in total. The second-order valence-corrected chi connectivity index (χ2v) is 9.33. The van der Waals surface area contributed by atoms with Crippen LogP contribution in [-0.2, 0) is 23.9 Å². The van der Waals surface area contributed by atoms with E-state index >= 15 is 0 Å². The first-order valence-corrected chi connectivity index (χ1v) is 11.8. The standard InChI is InChI=1S/C24H24BrClN2O6/c1-13(2)34-24(32)15-4-6-17(7-5-15)28-11-16(10-21(28)30)23(31)33-12-20(29)27-19-9-8-18(25)22(26)14(19)3/h4-9,13,16H,10-12H2,1-3H3,(H,27,29)/t16-/m1/s1. The van der Waals surface area contributed by atoms with Crippen molar-refractivity contribution in [2.45, 2.75) is 33.3 Å². The summed E-state index contributed by atoms with van der Waals surface area (Å²) in [6, 6.07) is 9.78. The van der Waals surface area contributed by atoms with Crippen LogP contribution in [0.25, 0.3) is 0 Å². The molecule has 0 bridgehead atoms. The summed E-state index contributed by atoms with van der Waals surface area (Å²) in [5.74, 6) is -2.54. The number of esters is 2. The van der Waals surface area contributed by atoms with Crippen molar-refractivity contribution >= 4 is 62.7 Å². The summed E-state index contributed by atoms with van der Waals surface area (Å²) in [4.78, 5) is 50.6. The van der Waals surface area contributed by atoms with Gasteiger partial charge in [-0.2, -0.15) is 0 Å². The van der Waals surface area contributed by atoms with Crippen molar-refractivity contribution in [3.05, 3.63) is 57.0 Å². The van der Waals surface area contributed by atoms with Gasteiger partial charge in [0.2, 0.25) is 5.91 Å². The van der Waals surface area contributed by atoms with Crippen molar-refractivity contribution < 1.29 is 28.7 Å². The Morgan fingerprint density at radius 2 is 1.85 bits per heavy atom. The largest absolute Gasteiger partial charge is 0.459 e. The maximum atomic E-state index is 12.5. The van der Waals surface area contributed by atoms with Crippen molar-refractivity contribution in [3.8, 4) is 0 Å². The molecular formula is C24H24BrClN2O6. The molecule has 1 saturated heterocycles. The predicted molar refractivity (Wildman–Crippen MR) is 131 cm³/mol. The average Bonchev–Trinajstić information content (AvgIpc) is 3.19. The minimum atomic E-state index is -0.699. The Morgan fingerprint density at radius 3 is 2.50 bits per heavy atom. The molecule has 0 aliphatic carbocycles. The molecule has 1 fully saturated rings. The smallest absolute Gasteiger partial charge is 0.338 e. The van der Waals surface area contributed by atoms with Crippen molar-refractivity contribution in [2.24, 2.45) is 5.92 Å². The molecule has 1 atom stereocenters. The summed E-state index contributed by atoms with van der Waals surface area (Å²) in [7, 11) is 0. The van der Waals surface area contributed by atoms with Gasteiger partial charge < -0.3 is 19.7 Å².